The standard InChI is InChI=1S/C18H12N2O2.C8H8N2O2/c19-17(21)11-4-1-5-12(10-11)18(22)20-15-8-2-6-13-14(15)7-3-9-16(13)20;9-7(11)5-1-2-6(4-3-5)8(10)12/h1-10H,(H2,19,21);1-4H,(H2,9,11)(H2,10,12). The highest BCUT2D eigenvalue weighted by Crippen LogP contribution is 2.31. The van der Waals surface area contributed by atoms with Gasteiger partial charge in [-0.1, -0.05) is 30.3 Å². The molecule has 4 aromatic carbocycles. The summed E-state index contributed by atoms with van der Waals surface area (Å²) in [6, 6.07) is 24.1. The van der Waals surface area contributed by atoms with Crippen molar-refractivity contribution in [1.82, 2.24) is 4.57 Å². The molecule has 0 saturated carbocycles. The molecule has 0 spiro atoms. The highest BCUT2D eigenvalue weighted by Gasteiger charge is 2.18. The minimum Gasteiger partial charge on any atom is -0.366 e. The van der Waals surface area contributed by atoms with Crippen LogP contribution in [-0.4, -0.2) is 28.2 Å². The van der Waals surface area contributed by atoms with Crippen LogP contribution in [0.1, 0.15) is 41.4 Å². The number of benzene rings is 4. The summed E-state index contributed by atoms with van der Waals surface area (Å²) in [6.45, 7) is 0. The minimum atomic E-state index is -0.543. The first-order valence-electron chi connectivity index (χ1n) is 10.2. The quantitative estimate of drug-likeness (QED) is 0.384. The van der Waals surface area contributed by atoms with E-state index in [9.17, 15) is 19.2 Å². The summed E-state index contributed by atoms with van der Waals surface area (Å²) in [4.78, 5) is 45.4. The minimum absolute atomic E-state index is 0.166. The van der Waals surface area contributed by atoms with Crippen LogP contribution in [0.5, 0.6) is 0 Å². The van der Waals surface area contributed by atoms with Crippen molar-refractivity contribution in [2.75, 3.05) is 0 Å². The van der Waals surface area contributed by atoms with E-state index in [1.165, 1.54) is 30.3 Å². The maximum Gasteiger partial charge on any atom is 0.262 e. The zero-order valence-electron chi connectivity index (χ0n) is 17.9. The van der Waals surface area contributed by atoms with E-state index in [0.717, 1.165) is 21.8 Å². The number of aromatic nitrogens is 1. The third-order valence-corrected chi connectivity index (χ3v) is 5.41. The molecule has 0 aliphatic carbocycles. The van der Waals surface area contributed by atoms with Crippen molar-refractivity contribution in [3.8, 4) is 0 Å². The van der Waals surface area contributed by atoms with Gasteiger partial charge in [-0.2, -0.15) is 0 Å². The fourth-order valence-corrected chi connectivity index (χ4v) is 3.75. The second-order valence-electron chi connectivity index (χ2n) is 7.54. The van der Waals surface area contributed by atoms with E-state index in [0.29, 0.717) is 22.3 Å². The molecule has 0 aliphatic heterocycles. The largest absolute Gasteiger partial charge is 0.366 e. The van der Waals surface area contributed by atoms with Crippen molar-refractivity contribution in [3.05, 3.63) is 107 Å². The Labute approximate surface area is 193 Å². The maximum absolute atomic E-state index is 12.9. The summed E-state index contributed by atoms with van der Waals surface area (Å²) in [5.41, 5.74) is 18.5. The van der Waals surface area contributed by atoms with Crippen LogP contribution >= 0.6 is 0 Å². The summed E-state index contributed by atoms with van der Waals surface area (Å²) in [6.07, 6.45) is 0. The second kappa shape index (κ2) is 8.87. The van der Waals surface area contributed by atoms with Gasteiger partial charge in [0.1, 0.15) is 0 Å². The molecule has 0 unspecified atom stereocenters. The molecule has 0 atom stereocenters. The third-order valence-electron chi connectivity index (χ3n) is 5.41. The number of nitrogens with zero attached hydrogens (tertiary/aromatic N) is 1. The molecule has 168 valence electrons. The molecule has 1 aromatic heterocycles. The number of carbonyl (C=O) groups excluding carboxylic acids is 4. The van der Waals surface area contributed by atoms with Crippen LogP contribution in [0.3, 0.4) is 0 Å². The predicted octanol–water partition coefficient (Wildman–Crippen LogP) is 2.90. The van der Waals surface area contributed by atoms with Gasteiger partial charge in [-0.25, -0.2) is 0 Å². The topological polar surface area (TPSA) is 151 Å². The van der Waals surface area contributed by atoms with Gasteiger partial charge in [-0.05, 0) is 54.6 Å². The van der Waals surface area contributed by atoms with E-state index in [4.69, 9.17) is 17.2 Å². The number of nitrogens with two attached hydrogens (primary N) is 3. The van der Waals surface area contributed by atoms with Gasteiger partial charge in [0.15, 0.2) is 0 Å². The molecule has 1 heterocycles. The van der Waals surface area contributed by atoms with Crippen LogP contribution < -0.4 is 17.2 Å². The van der Waals surface area contributed by atoms with Gasteiger partial charge in [-0.15, -0.1) is 0 Å². The molecule has 4 bridgehead atoms. The number of rotatable bonds is 4. The van der Waals surface area contributed by atoms with Gasteiger partial charge >= 0.3 is 0 Å². The number of carbonyl (C=O) groups is 4. The van der Waals surface area contributed by atoms with Crippen LogP contribution in [0.2, 0.25) is 0 Å². The van der Waals surface area contributed by atoms with Crippen molar-refractivity contribution in [1.29, 1.82) is 0 Å². The highest BCUT2D eigenvalue weighted by atomic mass is 16.2. The molecule has 8 nitrogen and oxygen atoms in total. The van der Waals surface area contributed by atoms with Gasteiger partial charge in [0, 0.05) is 33.0 Å². The molecule has 0 fully saturated rings. The Balaban J connectivity index is 0.000000195. The summed E-state index contributed by atoms with van der Waals surface area (Å²) in [5, 5.41) is 2.11. The van der Waals surface area contributed by atoms with Gasteiger partial charge in [0.05, 0.1) is 11.0 Å². The van der Waals surface area contributed by atoms with Crippen molar-refractivity contribution >= 4 is 45.4 Å². The molecule has 0 aliphatic rings. The zero-order chi connectivity index (χ0) is 24.4. The first-order valence-corrected chi connectivity index (χ1v) is 10.2. The number of hydrogen-bond donors (Lipinski definition) is 3. The normalized spacial score (nSPS) is 10.6. The molecule has 8 heteroatoms. The van der Waals surface area contributed by atoms with Gasteiger partial charge in [-0.3, -0.25) is 23.7 Å². The van der Waals surface area contributed by atoms with Crippen LogP contribution in [0.25, 0.3) is 21.8 Å². The lowest BCUT2D eigenvalue weighted by molar-refractivity contribution is 0.0966. The van der Waals surface area contributed by atoms with Crippen molar-refractivity contribution in [3.63, 3.8) is 0 Å². The fourth-order valence-electron chi connectivity index (χ4n) is 3.75. The average Bonchev–Trinajstić information content (AvgIpc) is 2.98. The first kappa shape index (κ1) is 22.2. The first-order chi connectivity index (χ1) is 16.3. The van der Waals surface area contributed by atoms with E-state index in [2.05, 4.69) is 0 Å². The van der Waals surface area contributed by atoms with Crippen molar-refractivity contribution in [2.24, 2.45) is 17.2 Å². The Kier molecular flexibility index (Phi) is 5.80. The molecule has 6 N–H and O–H groups in total. The molecule has 34 heavy (non-hydrogen) atoms. The summed E-state index contributed by atoms with van der Waals surface area (Å²) in [7, 11) is 0. The predicted molar refractivity (Wildman–Crippen MR) is 129 cm³/mol. The van der Waals surface area contributed by atoms with Gasteiger partial charge < -0.3 is 17.2 Å². The Bertz CT molecular complexity index is 1470. The van der Waals surface area contributed by atoms with Crippen LogP contribution in [0.15, 0.2) is 84.9 Å². The number of hydrogen-bond acceptors (Lipinski definition) is 4. The third kappa shape index (κ3) is 4.07. The van der Waals surface area contributed by atoms with E-state index in [-0.39, 0.29) is 5.91 Å². The molecule has 0 saturated heterocycles. The van der Waals surface area contributed by atoms with Crippen molar-refractivity contribution in [2.45, 2.75) is 0 Å². The lowest BCUT2D eigenvalue weighted by Gasteiger charge is -2.06. The maximum atomic E-state index is 12.9. The monoisotopic (exact) mass is 452 g/mol. The molecular formula is C26H20N4O4. The lowest BCUT2D eigenvalue weighted by atomic mass is 10.1. The fraction of sp³-hybridized carbons (Fsp3) is 0. The Hall–Kier alpha value is -4.98. The van der Waals surface area contributed by atoms with E-state index in [1.807, 2.05) is 36.4 Å². The average molecular weight is 452 g/mol. The van der Waals surface area contributed by atoms with Crippen LogP contribution in [-0.2, 0) is 0 Å². The summed E-state index contributed by atoms with van der Waals surface area (Å²) < 4.78 is 1.69. The second-order valence-corrected chi connectivity index (χ2v) is 7.54. The van der Waals surface area contributed by atoms with Crippen LogP contribution in [0.4, 0.5) is 0 Å². The number of primary amides is 3. The molecular weight excluding hydrogens is 432 g/mol. The Morgan fingerprint density at radius 1 is 0.500 bits per heavy atom. The van der Waals surface area contributed by atoms with Crippen molar-refractivity contribution < 1.29 is 19.2 Å². The summed E-state index contributed by atoms with van der Waals surface area (Å²) in [5.74, 6) is -1.75. The van der Waals surface area contributed by atoms with E-state index >= 15 is 0 Å². The highest BCUT2D eigenvalue weighted by molar-refractivity contribution is 6.17. The Morgan fingerprint density at radius 3 is 1.35 bits per heavy atom. The molecule has 5 rings (SSSR count). The lowest BCUT2D eigenvalue weighted by Crippen LogP contribution is -2.15. The van der Waals surface area contributed by atoms with Gasteiger partial charge in [0.25, 0.3) is 5.91 Å². The van der Waals surface area contributed by atoms with E-state index in [1.54, 1.807) is 22.8 Å². The van der Waals surface area contributed by atoms with Gasteiger partial charge in [0.2, 0.25) is 17.7 Å². The Morgan fingerprint density at radius 2 is 0.912 bits per heavy atom. The molecule has 5 aromatic rings. The molecule has 3 amide bonds. The zero-order valence-corrected chi connectivity index (χ0v) is 17.9. The van der Waals surface area contributed by atoms with E-state index < -0.39 is 17.7 Å². The SMILES string of the molecule is NC(=O)c1ccc(C(N)=O)cc1.NC(=O)c1cccc(C(=O)n2c3cccc4c3cccc42)c1. The summed E-state index contributed by atoms with van der Waals surface area (Å²) >= 11 is 0. The smallest absolute Gasteiger partial charge is 0.262 e. The number of amides is 3. The molecule has 0 radical (unpaired) electrons. The van der Waals surface area contributed by atoms with Crippen LogP contribution in [0, 0.1) is 0 Å².